The van der Waals surface area contributed by atoms with Crippen molar-refractivity contribution in [3.8, 4) is 5.75 Å². The first-order valence-corrected chi connectivity index (χ1v) is 7.71. The number of phenolic OH excluding ortho intramolecular Hbond substituents is 1. The molecule has 0 unspecified atom stereocenters. The van der Waals surface area contributed by atoms with Crippen molar-refractivity contribution in [2.45, 2.75) is 26.9 Å². The van der Waals surface area contributed by atoms with Crippen molar-refractivity contribution in [2.75, 3.05) is 5.32 Å². The molecule has 1 amide bonds. The number of carbonyl (C=O) groups excluding carboxylic acids is 3. The van der Waals surface area contributed by atoms with E-state index in [0.29, 0.717) is 16.8 Å². The summed E-state index contributed by atoms with van der Waals surface area (Å²) in [6.07, 6.45) is -1.01. The quantitative estimate of drug-likeness (QED) is 0.644. The molecule has 1 atom stereocenters. The van der Waals surface area contributed by atoms with E-state index in [1.165, 1.54) is 19.9 Å². The van der Waals surface area contributed by atoms with Gasteiger partial charge in [-0.2, -0.15) is 0 Å². The van der Waals surface area contributed by atoms with Crippen molar-refractivity contribution in [3.05, 3.63) is 59.2 Å². The third kappa shape index (κ3) is 4.44. The van der Waals surface area contributed by atoms with Crippen molar-refractivity contribution in [1.29, 1.82) is 0 Å². The van der Waals surface area contributed by atoms with Gasteiger partial charge in [-0.3, -0.25) is 9.59 Å². The second-order valence-electron chi connectivity index (χ2n) is 5.64. The molecule has 0 aliphatic rings. The number of carbonyl (C=O) groups is 3. The molecular formula is C19H19NO5. The average Bonchev–Trinajstić information content (AvgIpc) is 2.56. The van der Waals surface area contributed by atoms with Gasteiger partial charge in [-0.05, 0) is 49.7 Å². The number of aromatic hydroxyl groups is 1. The lowest BCUT2D eigenvalue weighted by Gasteiger charge is -2.14. The summed E-state index contributed by atoms with van der Waals surface area (Å²) >= 11 is 0. The van der Waals surface area contributed by atoms with Gasteiger partial charge in [0.15, 0.2) is 6.10 Å². The summed E-state index contributed by atoms with van der Waals surface area (Å²) in [5.74, 6) is -1.52. The molecule has 2 rings (SSSR count). The highest BCUT2D eigenvalue weighted by atomic mass is 16.5. The molecule has 0 saturated heterocycles. The Morgan fingerprint density at radius 2 is 1.72 bits per heavy atom. The van der Waals surface area contributed by atoms with Crippen LogP contribution in [0.4, 0.5) is 5.69 Å². The maximum Gasteiger partial charge on any atom is 0.342 e. The second kappa shape index (κ2) is 7.61. The van der Waals surface area contributed by atoms with E-state index in [-0.39, 0.29) is 23.0 Å². The van der Waals surface area contributed by atoms with Gasteiger partial charge < -0.3 is 15.2 Å². The topological polar surface area (TPSA) is 92.7 Å². The van der Waals surface area contributed by atoms with E-state index < -0.39 is 12.1 Å². The highest BCUT2D eigenvalue weighted by Gasteiger charge is 2.22. The molecule has 0 radical (unpaired) electrons. The van der Waals surface area contributed by atoms with Gasteiger partial charge >= 0.3 is 5.97 Å². The zero-order valence-electron chi connectivity index (χ0n) is 14.2. The van der Waals surface area contributed by atoms with Crippen molar-refractivity contribution in [1.82, 2.24) is 0 Å². The van der Waals surface area contributed by atoms with E-state index in [9.17, 15) is 19.5 Å². The summed E-state index contributed by atoms with van der Waals surface area (Å²) in [6.45, 7) is 4.52. The molecule has 0 spiro atoms. The predicted octanol–water partition coefficient (Wildman–Crippen LogP) is 3.09. The van der Waals surface area contributed by atoms with Crippen LogP contribution in [0.25, 0.3) is 0 Å². The number of para-hydroxylation sites is 1. The minimum Gasteiger partial charge on any atom is -0.507 e. The molecule has 6 nitrogen and oxygen atoms in total. The Balaban J connectivity index is 2.08. The van der Waals surface area contributed by atoms with Gasteiger partial charge in [-0.1, -0.05) is 12.1 Å². The first-order chi connectivity index (χ1) is 11.8. The second-order valence-corrected chi connectivity index (χ2v) is 5.64. The Labute approximate surface area is 145 Å². The summed E-state index contributed by atoms with van der Waals surface area (Å²) in [5, 5.41) is 12.5. The standard InChI is InChI=1S/C19H19NO5/c1-11-5-4-6-16(17(11)22)19(24)25-12(2)18(23)14-7-9-15(10-8-14)20-13(3)21/h4-10,12,22H,1-3H3,(H,20,21)/t12-/m1/s1. The first kappa shape index (κ1) is 18.2. The van der Waals surface area contributed by atoms with Crippen molar-refractivity contribution in [2.24, 2.45) is 0 Å². The van der Waals surface area contributed by atoms with Gasteiger partial charge in [0.25, 0.3) is 0 Å². The van der Waals surface area contributed by atoms with E-state index >= 15 is 0 Å². The Kier molecular flexibility index (Phi) is 5.54. The molecular weight excluding hydrogens is 322 g/mol. The third-order valence-electron chi connectivity index (χ3n) is 3.60. The normalized spacial score (nSPS) is 11.5. The van der Waals surface area contributed by atoms with Gasteiger partial charge in [0.2, 0.25) is 11.7 Å². The van der Waals surface area contributed by atoms with Crippen LogP contribution in [0.15, 0.2) is 42.5 Å². The fourth-order valence-corrected chi connectivity index (χ4v) is 2.26. The van der Waals surface area contributed by atoms with Crippen LogP contribution in [0, 0.1) is 6.92 Å². The summed E-state index contributed by atoms with van der Waals surface area (Å²) in [7, 11) is 0. The molecule has 0 heterocycles. The van der Waals surface area contributed by atoms with E-state index in [4.69, 9.17) is 4.74 Å². The highest BCUT2D eigenvalue weighted by Crippen LogP contribution is 2.23. The molecule has 0 aliphatic heterocycles. The molecule has 0 aliphatic carbocycles. The fourth-order valence-electron chi connectivity index (χ4n) is 2.26. The molecule has 2 N–H and O–H groups in total. The number of esters is 1. The van der Waals surface area contributed by atoms with Gasteiger partial charge in [0, 0.05) is 18.2 Å². The van der Waals surface area contributed by atoms with Crippen LogP contribution in [0.3, 0.4) is 0 Å². The number of hydrogen-bond acceptors (Lipinski definition) is 5. The lowest BCUT2D eigenvalue weighted by atomic mass is 10.1. The van der Waals surface area contributed by atoms with Crippen LogP contribution in [-0.2, 0) is 9.53 Å². The molecule has 0 fully saturated rings. The number of nitrogens with one attached hydrogen (secondary N) is 1. The van der Waals surface area contributed by atoms with Crippen LogP contribution in [0.5, 0.6) is 5.75 Å². The van der Waals surface area contributed by atoms with E-state index in [2.05, 4.69) is 5.32 Å². The summed E-state index contributed by atoms with van der Waals surface area (Å²) in [6, 6.07) is 11.0. The number of benzene rings is 2. The van der Waals surface area contributed by atoms with Crippen molar-refractivity contribution >= 4 is 23.3 Å². The smallest absolute Gasteiger partial charge is 0.342 e. The number of amides is 1. The zero-order valence-corrected chi connectivity index (χ0v) is 14.2. The van der Waals surface area contributed by atoms with Gasteiger partial charge in [-0.15, -0.1) is 0 Å². The van der Waals surface area contributed by atoms with Crippen LogP contribution in [-0.4, -0.2) is 28.9 Å². The number of Topliss-reactive ketones (excluding diaryl/α,β-unsaturated/α-hetero) is 1. The van der Waals surface area contributed by atoms with E-state index in [0.717, 1.165) is 0 Å². The van der Waals surface area contributed by atoms with Crippen LogP contribution < -0.4 is 5.32 Å². The molecule has 2 aromatic rings. The number of rotatable bonds is 5. The summed E-state index contributed by atoms with van der Waals surface area (Å²) in [4.78, 5) is 35.5. The van der Waals surface area contributed by atoms with Gasteiger partial charge in [0.1, 0.15) is 11.3 Å². The Morgan fingerprint density at radius 3 is 2.32 bits per heavy atom. The van der Waals surface area contributed by atoms with Crippen LogP contribution in [0.2, 0.25) is 0 Å². The number of ketones is 1. The minimum absolute atomic E-state index is 0.0145. The van der Waals surface area contributed by atoms with Crippen LogP contribution >= 0.6 is 0 Å². The molecule has 0 saturated carbocycles. The predicted molar refractivity (Wildman–Crippen MR) is 92.8 cm³/mol. The maximum absolute atomic E-state index is 12.4. The number of hydrogen-bond donors (Lipinski definition) is 2. The number of ether oxygens (including phenoxy) is 1. The monoisotopic (exact) mass is 341 g/mol. The van der Waals surface area contributed by atoms with E-state index in [1.54, 1.807) is 43.3 Å². The Morgan fingerprint density at radius 1 is 1.08 bits per heavy atom. The average molecular weight is 341 g/mol. The SMILES string of the molecule is CC(=O)Nc1ccc(C(=O)[C@@H](C)OC(=O)c2cccc(C)c2O)cc1. The fraction of sp³-hybridized carbons (Fsp3) is 0.211. The highest BCUT2D eigenvalue weighted by molar-refractivity contribution is 6.02. The minimum atomic E-state index is -1.01. The zero-order chi connectivity index (χ0) is 18.6. The summed E-state index contributed by atoms with van der Waals surface area (Å²) in [5.41, 5.74) is 1.48. The van der Waals surface area contributed by atoms with E-state index in [1.807, 2.05) is 0 Å². The lowest BCUT2D eigenvalue weighted by molar-refractivity contribution is -0.114. The van der Waals surface area contributed by atoms with Gasteiger partial charge in [0.05, 0.1) is 0 Å². The number of aryl methyl sites for hydroxylation is 1. The molecule has 130 valence electrons. The first-order valence-electron chi connectivity index (χ1n) is 7.71. The maximum atomic E-state index is 12.4. The molecule has 0 bridgehead atoms. The largest absolute Gasteiger partial charge is 0.507 e. The molecule has 6 heteroatoms. The number of anilines is 1. The third-order valence-corrected chi connectivity index (χ3v) is 3.60. The number of phenols is 1. The Hall–Kier alpha value is -3.15. The molecule has 2 aromatic carbocycles. The van der Waals surface area contributed by atoms with Crippen molar-refractivity contribution < 1.29 is 24.2 Å². The Bertz CT molecular complexity index is 811. The van der Waals surface area contributed by atoms with Crippen LogP contribution in [0.1, 0.15) is 40.1 Å². The lowest BCUT2D eigenvalue weighted by Crippen LogP contribution is -2.24. The molecule has 0 aromatic heterocycles. The van der Waals surface area contributed by atoms with Crippen molar-refractivity contribution in [3.63, 3.8) is 0 Å². The van der Waals surface area contributed by atoms with Gasteiger partial charge in [-0.25, -0.2) is 4.79 Å². The molecule has 25 heavy (non-hydrogen) atoms. The summed E-state index contributed by atoms with van der Waals surface area (Å²) < 4.78 is 5.17.